The molecule has 0 aliphatic carbocycles. The van der Waals surface area contributed by atoms with Gasteiger partial charge in [-0.05, 0) is 84.8 Å². The average molecular weight is 774 g/mol. The summed E-state index contributed by atoms with van der Waals surface area (Å²) in [5.74, 6) is -0.529. The Morgan fingerprint density at radius 3 is 2.13 bits per heavy atom. The molecule has 10 heteroatoms. The van der Waals surface area contributed by atoms with Crippen molar-refractivity contribution >= 4 is 19.9 Å². The Morgan fingerprint density at radius 1 is 0.891 bits per heavy atom. The van der Waals surface area contributed by atoms with Gasteiger partial charge in [-0.3, -0.25) is 4.79 Å². The zero-order valence-corrected chi connectivity index (χ0v) is 34.9. The number of methoxy groups -OCH3 is 1. The fourth-order valence-corrected chi connectivity index (χ4v) is 7.94. The van der Waals surface area contributed by atoms with E-state index in [1.165, 1.54) is 0 Å². The van der Waals surface area contributed by atoms with Crippen LogP contribution in [0.25, 0.3) is 0 Å². The van der Waals surface area contributed by atoms with Crippen molar-refractivity contribution in [1.82, 2.24) is 0 Å². The molecule has 0 aromatic heterocycles. The third kappa shape index (κ3) is 11.8. The predicted octanol–water partition coefficient (Wildman–Crippen LogP) is 9.21. The van der Waals surface area contributed by atoms with Gasteiger partial charge in [-0.2, -0.15) is 0 Å². The van der Waals surface area contributed by atoms with E-state index in [1.807, 2.05) is 91.9 Å². The fraction of sp³-hybridized carbons (Fsp3) is 0.533. The number of aliphatic hydroxyl groups excluding tert-OH is 1. The Bertz CT molecular complexity index is 1650. The summed E-state index contributed by atoms with van der Waals surface area (Å²) in [6.45, 7) is 18.5. The lowest BCUT2D eigenvalue weighted by Crippen LogP contribution is -2.47. The van der Waals surface area contributed by atoms with E-state index < -0.39 is 38.5 Å². The molecule has 55 heavy (non-hydrogen) atoms. The summed E-state index contributed by atoms with van der Waals surface area (Å²) < 4.78 is 38.7. The Balaban J connectivity index is 1.29. The summed E-state index contributed by atoms with van der Waals surface area (Å²) in [7, 11) is -0.497. The van der Waals surface area contributed by atoms with Crippen LogP contribution in [-0.4, -0.2) is 69.4 Å². The van der Waals surface area contributed by atoms with E-state index in [1.54, 1.807) is 7.11 Å². The third-order valence-electron chi connectivity index (χ3n) is 11.6. The summed E-state index contributed by atoms with van der Waals surface area (Å²) in [6.07, 6.45) is 1.24. The van der Waals surface area contributed by atoms with Crippen LogP contribution in [0.2, 0.25) is 18.1 Å². The van der Waals surface area contributed by atoms with Crippen molar-refractivity contribution in [2.24, 2.45) is 5.92 Å². The van der Waals surface area contributed by atoms with E-state index in [0.717, 1.165) is 35.4 Å². The maximum atomic E-state index is 13.2. The Morgan fingerprint density at radius 2 is 1.49 bits per heavy atom. The van der Waals surface area contributed by atoms with Crippen molar-refractivity contribution in [3.63, 3.8) is 0 Å². The molecule has 2 saturated heterocycles. The normalized spacial score (nSPS) is 22.5. The monoisotopic (exact) mass is 773 g/mol. The van der Waals surface area contributed by atoms with Gasteiger partial charge in [0.05, 0.1) is 51.2 Å². The van der Waals surface area contributed by atoms with Crippen LogP contribution >= 0.6 is 0 Å². The van der Waals surface area contributed by atoms with Crippen molar-refractivity contribution in [2.45, 2.75) is 134 Å². The molecule has 2 heterocycles. The van der Waals surface area contributed by atoms with Crippen molar-refractivity contribution in [2.75, 3.05) is 19.0 Å². The van der Waals surface area contributed by atoms with Gasteiger partial charge in [0.15, 0.2) is 14.1 Å². The highest BCUT2D eigenvalue weighted by Gasteiger charge is 2.49. The van der Waals surface area contributed by atoms with Gasteiger partial charge < -0.3 is 38.5 Å². The van der Waals surface area contributed by atoms with Crippen LogP contribution in [0.1, 0.15) is 77.3 Å². The number of hydrogen-bond donors (Lipinski definition) is 2. The highest BCUT2D eigenvalue weighted by Crippen LogP contribution is 2.44. The second-order valence-electron chi connectivity index (χ2n) is 16.7. The Hall–Kier alpha value is -3.35. The predicted molar refractivity (Wildman–Crippen MR) is 219 cm³/mol. The maximum absolute atomic E-state index is 13.2. The maximum Gasteiger partial charge on any atom is 0.229 e. The topological polar surface area (TPSA) is 105 Å². The Labute approximate surface area is 329 Å². The van der Waals surface area contributed by atoms with Gasteiger partial charge in [-0.15, -0.1) is 0 Å². The highest BCUT2D eigenvalue weighted by molar-refractivity contribution is 6.74. The summed E-state index contributed by atoms with van der Waals surface area (Å²) >= 11 is 0. The highest BCUT2D eigenvalue weighted by atomic mass is 28.4. The molecule has 0 unspecified atom stereocenters. The fourth-order valence-electron chi connectivity index (χ4n) is 6.93. The first-order chi connectivity index (χ1) is 26.2. The SMILES string of the molecule is C=C(C[C@@H](OCc1ccc(OC)cc1)[C@@H](CO[Si](C)(C)C(C)(C)C)OCc1ccccc1)[C@@H](O)[C@@H]1CC[C@]2(CCC[C@@H]([C@@H](C)C(=O)Nc3ccccc3)O2)O1. The lowest BCUT2D eigenvalue weighted by Gasteiger charge is -2.40. The summed E-state index contributed by atoms with van der Waals surface area (Å²) in [5, 5.41) is 14.8. The first-order valence-corrected chi connectivity index (χ1v) is 22.7. The molecule has 9 nitrogen and oxygen atoms in total. The molecule has 3 aromatic carbocycles. The van der Waals surface area contributed by atoms with Gasteiger partial charge in [0.25, 0.3) is 0 Å². The molecule has 2 fully saturated rings. The first kappa shape index (κ1) is 42.8. The van der Waals surface area contributed by atoms with E-state index in [4.69, 9.17) is 28.1 Å². The van der Waals surface area contributed by atoms with Crippen LogP contribution in [-0.2, 0) is 41.4 Å². The van der Waals surface area contributed by atoms with Gasteiger partial charge in [0.1, 0.15) is 18.0 Å². The van der Waals surface area contributed by atoms with E-state index in [-0.39, 0.29) is 23.0 Å². The lowest BCUT2D eigenvalue weighted by atomic mass is 9.91. The number of anilines is 1. The molecule has 0 radical (unpaired) electrons. The van der Waals surface area contributed by atoms with E-state index in [2.05, 4.69) is 45.8 Å². The smallest absolute Gasteiger partial charge is 0.229 e. The first-order valence-electron chi connectivity index (χ1n) is 19.8. The third-order valence-corrected chi connectivity index (χ3v) is 16.1. The van der Waals surface area contributed by atoms with Crippen LogP contribution in [0.3, 0.4) is 0 Å². The molecule has 2 aliphatic heterocycles. The average Bonchev–Trinajstić information content (AvgIpc) is 3.58. The number of hydrogen-bond acceptors (Lipinski definition) is 8. The summed E-state index contributed by atoms with van der Waals surface area (Å²) in [4.78, 5) is 13.2. The standard InChI is InChI=1S/C45H63NO8Si/c1-32(42(47)39-25-27-45(54-39)26-15-20-38(53-45)33(2)43(48)46-36-18-13-10-14-19-36)28-40(50-30-35-21-23-37(49-6)24-22-35)41(31-52-55(7,8)44(3,4)5)51-29-34-16-11-9-12-17-34/h9-14,16-19,21-24,33,38-42,47H,1,15,20,25-31H2,2-8H3,(H,46,48)/t33-,38+,39+,40-,41-,42-,45+/m1/s1. The van der Waals surface area contributed by atoms with Crippen molar-refractivity contribution in [3.05, 3.63) is 108 Å². The number of carbonyl (C=O) groups excluding carboxylic acids is 1. The Kier molecular flexibility index (Phi) is 14.9. The molecule has 1 spiro atoms. The molecular weight excluding hydrogens is 711 g/mol. The van der Waals surface area contributed by atoms with Crippen molar-refractivity contribution in [1.29, 1.82) is 0 Å². The molecule has 7 atom stereocenters. The number of aliphatic hydroxyl groups is 1. The van der Waals surface area contributed by atoms with E-state index >= 15 is 0 Å². The number of ether oxygens (including phenoxy) is 5. The summed E-state index contributed by atoms with van der Waals surface area (Å²) in [6, 6.07) is 27.4. The number of carbonyl (C=O) groups is 1. The molecule has 5 rings (SSSR count). The van der Waals surface area contributed by atoms with Gasteiger partial charge in [0.2, 0.25) is 5.91 Å². The zero-order chi connectivity index (χ0) is 39.6. The van der Waals surface area contributed by atoms with Crippen molar-refractivity contribution < 1.29 is 38.0 Å². The molecule has 1 amide bonds. The van der Waals surface area contributed by atoms with Gasteiger partial charge in [0, 0.05) is 18.5 Å². The van der Waals surface area contributed by atoms with E-state index in [0.29, 0.717) is 51.1 Å². The second kappa shape index (κ2) is 19.2. The quantitative estimate of drug-likeness (QED) is 0.0975. The van der Waals surface area contributed by atoms with Crippen LogP contribution in [0, 0.1) is 5.92 Å². The van der Waals surface area contributed by atoms with E-state index in [9.17, 15) is 9.90 Å². The minimum atomic E-state index is -2.15. The lowest BCUT2D eigenvalue weighted by molar-refractivity contribution is -0.281. The summed E-state index contributed by atoms with van der Waals surface area (Å²) in [5.41, 5.74) is 3.40. The number of rotatable bonds is 18. The van der Waals surface area contributed by atoms with Crippen molar-refractivity contribution in [3.8, 4) is 5.75 Å². The number of para-hydroxylation sites is 1. The van der Waals surface area contributed by atoms with Crippen LogP contribution < -0.4 is 10.1 Å². The number of nitrogens with one attached hydrogen (secondary N) is 1. The minimum Gasteiger partial charge on any atom is -0.497 e. The van der Waals surface area contributed by atoms with Gasteiger partial charge >= 0.3 is 0 Å². The largest absolute Gasteiger partial charge is 0.497 e. The van der Waals surface area contributed by atoms with Crippen LogP contribution in [0.5, 0.6) is 5.75 Å². The molecule has 2 aliphatic rings. The van der Waals surface area contributed by atoms with Gasteiger partial charge in [-0.1, -0.05) is 94.9 Å². The number of benzene rings is 3. The second-order valence-corrected chi connectivity index (χ2v) is 21.5. The molecular formula is C45H63NO8Si. The number of amides is 1. The molecule has 3 aromatic rings. The molecule has 0 bridgehead atoms. The zero-order valence-electron chi connectivity index (χ0n) is 33.9. The van der Waals surface area contributed by atoms with Crippen LogP contribution in [0.4, 0.5) is 5.69 Å². The minimum absolute atomic E-state index is 0.00960. The molecule has 300 valence electrons. The molecule has 0 saturated carbocycles. The van der Waals surface area contributed by atoms with Gasteiger partial charge in [-0.25, -0.2) is 0 Å². The van der Waals surface area contributed by atoms with Crippen LogP contribution in [0.15, 0.2) is 97.1 Å². The molecule has 2 N–H and O–H groups in total.